The van der Waals surface area contributed by atoms with Crippen molar-refractivity contribution in [3.63, 3.8) is 0 Å². The molecule has 184 valence electrons. The number of nitrogens with zero attached hydrogens (tertiary/aromatic N) is 3. The van der Waals surface area contributed by atoms with Crippen LogP contribution < -0.4 is 5.32 Å². The van der Waals surface area contributed by atoms with Crippen molar-refractivity contribution in [3.8, 4) is 0 Å². The van der Waals surface area contributed by atoms with Crippen LogP contribution in [-0.2, 0) is 4.79 Å². The van der Waals surface area contributed by atoms with Gasteiger partial charge in [-0.25, -0.2) is 0 Å². The van der Waals surface area contributed by atoms with Crippen LogP contribution in [0, 0.1) is 46.3 Å². The molecule has 1 unspecified atom stereocenters. The number of rotatable bonds is 6. The summed E-state index contributed by atoms with van der Waals surface area (Å²) < 4.78 is 0. The van der Waals surface area contributed by atoms with E-state index in [-0.39, 0.29) is 28.9 Å². The van der Waals surface area contributed by atoms with Crippen molar-refractivity contribution in [2.24, 2.45) is 51.5 Å². The first-order chi connectivity index (χ1) is 15.8. The molecular formula is C27H44N4O2. The van der Waals surface area contributed by atoms with Crippen LogP contribution in [0.4, 0.5) is 0 Å². The van der Waals surface area contributed by atoms with Gasteiger partial charge in [0.05, 0.1) is 6.10 Å². The minimum atomic E-state index is -0.246. The van der Waals surface area contributed by atoms with E-state index in [0.29, 0.717) is 48.0 Å². The lowest BCUT2D eigenvalue weighted by atomic mass is 9.43. The van der Waals surface area contributed by atoms with E-state index in [0.717, 1.165) is 44.9 Å². The molecule has 5 fully saturated rings. The van der Waals surface area contributed by atoms with E-state index in [2.05, 4.69) is 36.1 Å². The van der Waals surface area contributed by atoms with Gasteiger partial charge in [-0.05, 0) is 122 Å². The Hall–Kier alpha value is -1.26. The highest BCUT2D eigenvalue weighted by Gasteiger charge is 2.63. The molecule has 0 aromatic carbocycles. The van der Waals surface area contributed by atoms with Crippen LogP contribution in [0.2, 0.25) is 0 Å². The summed E-state index contributed by atoms with van der Waals surface area (Å²) >= 11 is 0. The number of hydrogen-bond donors (Lipinski definition) is 2. The Morgan fingerprint density at radius 3 is 2.64 bits per heavy atom. The van der Waals surface area contributed by atoms with Crippen LogP contribution >= 0.6 is 0 Å². The van der Waals surface area contributed by atoms with E-state index in [1.807, 2.05) is 0 Å². The fraction of sp³-hybridized carbons (Fsp3) is 0.963. The van der Waals surface area contributed by atoms with E-state index in [1.165, 1.54) is 25.7 Å². The Bertz CT molecular complexity index is 808. The lowest BCUT2D eigenvalue weighted by Gasteiger charge is -2.62. The second-order valence-electron chi connectivity index (χ2n) is 12.9. The Balaban J connectivity index is 1.28. The lowest BCUT2D eigenvalue weighted by Crippen LogP contribution is -2.58. The average molecular weight is 457 g/mol. The highest BCUT2D eigenvalue weighted by molar-refractivity contribution is 5.76. The zero-order valence-corrected chi connectivity index (χ0v) is 20.9. The third-order valence-corrected chi connectivity index (χ3v) is 11.5. The third-order valence-electron chi connectivity index (χ3n) is 11.5. The summed E-state index contributed by atoms with van der Waals surface area (Å²) in [5.74, 6) is 3.74. The number of nitrogens with one attached hydrogen (secondary N) is 1. The lowest BCUT2D eigenvalue weighted by molar-refractivity contribution is -0.169. The third kappa shape index (κ3) is 3.99. The maximum absolute atomic E-state index is 12.3. The molecule has 0 bridgehead atoms. The van der Waals surface area contributed by atoms with Gasteiger partial charge in [0.1, 0.15) is 0 Å². The van der Waals surface area contributed by atoms with Crippen LogP contribution in [0.1, 0.15) is 97.8 Å². The molecule has 0 aliphatic heterocycles. The first-order valence-corrected chi connectivity index (χ1v) is 13.8. The number of aliphatic hydroxyl groups excluding tert-OH is 1. The number of fused-ring (bicyclic) bond motifs is 5. The van der Waals surface area contributed by atoms with Crippen molar-refractivity contribution < 1.29 is 9.90 Å². The smallest absolute Gasteiger partial charge is 0.220 e. The number of azide groups is 1. The fourth-order valence-electron chi connectivity index (χ4n) is 9.43. The van der Waals surface area contributed by atoms with E-state index in [9.17, 15) is 9.90 Å². The fourth-order valence-corrected chi connectivity index (χ4v) is 9.43. The first kappa shape index (κ1) is 23.5. The SMILES string of the molecule is C[C@H](CCC(=O)NC1CC1)[C@H]1CC[C@H]2[C@@H]3CC[C@@H]4CC(N=[N+]=[N-])CC[C@]4(C)[C@H]3C[C@H](O)[C@]12C. The van der Waals surface area contributed by atoms with E-state index < -0.39 is 0 Å². The molecule has 0 aromatic heterocycles. The summed E-state index contributed by atoms with van der Waals surface area (Å²) in [4.78, 5) is 15.4. The summed E-state index contributed by atoms with van der Waals surface area (Å²) in [6.07, 6.45) is 12.7. The van der Waals surface area contributed by atoms with Crippen LogP contribution in [0.25, 0.3) is 10.4 Å². The standard InChI is InChI=1S/C27H44N4O2/c1-16(4-11-25(33)29-18-6-7-18)21-9-10-22-20-8-5-17-14-19(30-31-28)12-13-26(17,2)23(20)15-24(32)27(21,22)3/h16-24,32H,4-15H2,1-3H3,(H,29,33)/t16-,17-,19?,20+,21-,22+,23+,24+,26+,27-/m1/s1. The van der Waals surface area contributed by atoms with Gasteiger partial charge in [0.15, 0.2) is 0 Å². The van der Waals surface area contributed by atoms with Crippen molar-refractivity contribution >= 4 is 5.91 Å². The summed E-state index contributed by atoms with van der Waals surface area (Å²) in [7, 11) is 0. The molecule has 5 aliphatic rings. The number of carbonyl (C=O) groups excluding carboxylic acids is 1. The molecular weight excluding hydrogens is 412 g/mol. The second kappa shape index (κ2) is 8.75. The topological polar surface area (TPSA) is 98.1 Å². The van der Waals surface area contributed by atoms with E-state index in [4.69, 9.17) is 5.53 Å². The van der Waals surface area contributed by atoms with Crippen LogP contribution in [0.5, 0.6) is 0 Å². The zero-order valence-electron chi connectivity index (χ0n) is 20.9. The van der Waals surface area contributed by atoms with Gasteiger partial charge in [-0.3, -0.25) is 4.79 Å². The van der Waals surface area contributed by atoms with Gasteiger partial charge in [0.25, 0.3) is 0 Å². The summed E-state index contributed by atoms with van der Waals surface area (Å²) in [5, 5.41) is 18.9. The van der Waals surface area contributed by atoms with Gasteiger partial charge in [-0.15, -0.1) is 0 Å². The maximum Gasteiger partial charge on any atom is 0.220 e. The predicted molar refractivity (Wildman–Crippen MR) is 129 cm³/mol. The number of aliphatic hydroxyl groups is 1. The highest BCUT2D eigenvalue weighted by Crippen LogP contribution is 2.68. The summed E-state index contributed by atoms with van der Waals surface area (Å²) in [5.41, 5.74) is 9.17. The monoisotopic (exact) mass is 456 g/mol. The van der Waals surface area contributed by atoms with Gasteiger partial charge < -0.3 is 10.4 Å². The van der Waals surface area contributed by atoms with Gasteiger partial charge in [0.2, 0.25) is 5.91 Å². The maximum atomic E-state index is 12.3. The normalized spacial score (nSPS) is 47.5. The number of carbonyl (C=O) groups is 1. The van der Waals surface area contributed by atoms with E-state index in [1.54, 1.807) is 0 Å². The van der Waals surface area contributed by atoms with Crippen LogP contribution in [0.3, 0.4) is 0 Å². The minimum absolute atomic E-state index is 0.0148. The summed E-state index contributed by atoms with van der Waals surface area (Å²) in [6.45, 7) is 7.21. The van der Waals surface area contributed by atoms with Crippen molar-refractivity contribution in [3.05, 3.63) is 10.4 Å². The molecule has 6 nitrogen and oxygen atoms in total. The second-order valence-corrected chi connectivity index (χ2v) is 12.9. The quantitative estimate of drug-likeness (QED) is 0.291. The molecule has 5 aliphatic carbocycles. The van der Waals surface area contributed by atoms with Crippen molar-refractivity contribution in [1.29, 1.82) is 0 Å². The molecule has 0 aromatic rings. The van der Waals surface area contributed by atoms with Crippen molar-refractivity contribution in [2.45, 2.75) is 116 Å². The average Bonchev–Trinajstić information content (AvgIpc) is 3.52. The predicted octanol–water partition coefficient (Wildman–Crippen LogP) is 5.99. The molecule has 0 spiro atoms. The van der Waals surface area contributed by atoms with Crippen LogP contribution in [0.15, 0.2) is 5.11 Å². The molecule has 5 saturated carbocycles. The minimum Gasteiger partial charge on any atom is -0.393 e. The van der Waals surface area contributed by atoms with Gasteiger partial charge in [-0.2, -0.15) is 0 Å². The Morgan fingerprint density at radius 2 is 1.91 bits per heavy atom. The molecule has 0 radical (unpaired) electrons. The Labute approximate surface area is 199 Å². The molecule has 1 amide bonds. The van der Waals surface area contributed by atoms with Gasteiger partial charge >= 0.3 is 0 Å². The van der Waals surface area contributed by atoms with Crippen molar-refractivity contribution in [2.75, 3.05) is 0 Å². The molecule has 6 heteroatoms. The summed E-state index contributed by atoms with van der Waals surface area (Å²) in [6, 6.07) is 0.605. The highest BCUT2D eigenvalue weighted by atomic mass is 16.3. The van der Waals surface area contributed by atoms with Crippen LogP contribution in [-0.4, -0.2) is 29.2 Å². The molecule has 0 saturated heterocycles. The number of amides is 1. The largest absolute Gasteiger partial charge is 0.393 e. The van der Waals surface area contributed by atoms with Crippen molar-refractivity contribution in [1.82, 2.24) is 5.32 Å². The Kier molecular flexibility index (Phi) is 6.23. The first-order valence-electron chi connectivity index (χ1n) is 13.8. The molecule has 5 rings (SSSR count). The molecule has 33 heavy (non-hydrogen) atoms. The molecule has 2 N–H and O–H groups in total. The number of hydrogen-bond acceptors (Lipinski definition) is 3. The van der Waals surface area contributed by atoms with E-state index >= 15 is 0 Å². The Morgan fingerprint density at radius 1 is 1.12 bits per heavy atom. The zero-order chi connectivity index (χ0) is 23.4. The molecule has 0 heterocycles. The molecule has 10 atom stereocenters. The van der Waals surface area contributed by atoms with Gasteiger partial charge in [-0.1, -0.05) is 25.9 Å². The van der Waals surface area contributed by atoms with Gasteiger partial charge in [0, 0.05) is 23.4 Å².